The maximum absolute atomic E-state index is 13.1. The fraction of sp³-hybridized carbons (Fsp3) is 0.914. The van der Waals surface area contributed by atoms with Gasteiger partial charge in [-0.25, -0.2) is 0 Å². The van der Waals surface area contributed by atoms with Crippen LogP contribution in [0.15, 0.2) is 24.3 Å². The molecule has 2 aliphatic heterocycles. The molecule has 0 saturated carbocycles. The maximum atomic E-state index is 13.1. The van der Waals surface area contributed by atoms with E-state index in [0.29, 0.717) is 13.0 Å². The Labute approximate surface area is 437 Å². The first-order valence-electron chi connectivity index (χ1n) is 29.4. The molecule has 7 N–H and O–H groups in total. The summed E-state index contributed by atoms with van der Waals surface area (Å²) < 4.78 is 34.4. The van der Waals surface area contributed by atoms with Crippen molar-refractivity contribution in [2.24, 2.45) is 0 Å². The summed E-state index contributed by atoms with van der Waals surface area (Å²) in [6.45, 7) is 3.69. The zero-order valence-corrected chi connectivity index (χ0v) is 45.4. The molecule has 0 aliphatic carbocycles. The van der Waals surface area contributed by atoms with Crippen molar-refractivity contribution in [3.8, 4) is 0 Å². The van der Waals surface area contributed by atoms with Gasteiger partial charge in [-0.2, -0.15) is 0 Å². The second-order valence-electron chi connectivity index (χ2n) is 20.8. The zero-order valence-electron chi connectivity index (χ0n) is 45.4. The normalized spacial score (nSPS) is 25.2. The van der Waals surface area contributed by atoms with E-state index in [1.165, 1.54) is 167 Å². The van der Waals surface area contributed by atoms with Gasteiger partial charge in [0.25, 0.3) is 0 Å². The summed E-state index contributed by atoms with van der Waals surface area (Å²) in [6, 6.07) is 0. The molecule has 0 aromatic rings. The molecule has 14 heteroatoms. The van der Waals surface area contributed by atoms with Gasteiger partial charge in [-0.3, -0.25) is 4.79 Å². The lowest BCUT2D eigenvalue weighted by Gasteiger charge is -2.42. The first-order valence-corrected chi connectivity index (χ1v) is 29.4. The first kappa shape index (κ1) is 66.6. The Morgan fingerprint density at radius 2 is 0.819 bits per heavy atom. The van der Waals surface area contributed by atoms with E-state index in [4.69, 9.17) is 28.4 Å². The minimum absolute atomic E-state index is 0.0606. The van der Waals surface area contributed by atoms with Crippen LogP contribution in [0.5, 0.6) is 0 Å². The predicted molar refractivity (Wildman–Crippen MR) is 284 cm³/mol. The number of allylic oxidation sites excluding steroid dienone is 4. The van der Waals surface area contributed by atoms with Crippen LogP contribution < -0.4 is 0 Å². The number of esters is 1. The lowest BCUT2D eigenvalue weighted by atomic mass is 9.98. The molecule has 0 aromatic heterocycles. The van der Waals surface area contributed by atoms with Crippen LogP contribution >= 0.6 is 0 Å². The van der Waals surface area contributed by atoms with Crippen molar-refractivity contribution in [2.75, 3.05) is 33.0 Å². The van der Waals surface area contributed by atoms with Gasteiger partial charge < -0.3 is 64.2 Å². The molecule has 0 aromatic carbocycles. The van der Waals surface area contributed by atoms with Crippen LogP contribution in [0.1, 0.15) is 239 Å². The monoisotopic (exact) mass is 1030 g/mol. The van der Waals surface area contributed by atoms with Gasteiger partial charge in [0, 0.05) is 13.0 Å². The molecule has 2 rings (SSSR count). The number of rotatable bonds is 48. The molecule has 2 fully saturated rings. The summed E-state index contributed by atoms with van der Waals surface area (Å²) in [7, 11) is 0. The van der Waals surface area contributed by atoms with Crippen molar-refractivity contribution in [3.63, 3.8) is 0 Å². The highest BCUT2D eigenvalue weighted by Crippen LogP contribution is 2.27. The molecule has 2 heterocycles. The van der Waals surface area contributed by atoms with Crippen LogP contribution in [-0.4, -0.2) is 142 Å². The molecule has 11 atom stereocenters. The van der Waals surface area contributed by atoms with Crippen molar-refractivity contribution in [1.82, 2.24) is 0 Å². The Kier molecular flexibility index (Phi) is 42.2. The lowest BCUT2D eigenvalue weighted by molar-refractivity contribution is -0.332. The van der Waals surface area contributed by atoms with E-state index < -0.39 is 80.7 Å². The minimum atomic E-state index is -1.71. The first-order chi connectivity index (χ1) is 35.1. The molecule has 0 amide bonds. The Balaban J connectivity index is 1.67. The van der Waals surface area contributed by atoms with Crippen LogP contribution in [0.3, 0.4) is 0 Å². The second-order valence-corrected chi connectivity index (χ2v) is 20.8. The average molecular weight is 1030 g/mol. The van der Waals surface area contributed by atoms with Gasteiger partial charge in [-0.15, -0.1) is 0 Å². The molecule has 11 unspecified atom stereocenters. The van der Waals surface area contributed by atoms with Gasteiger partial charge in [-0.05, 0) is 64.2 Å². The molecule has 2 saturated heterocycles. The van der Waals surface area contributed by atoms with E-state index in [1.54, 1.807) is 0 Å². The molecule has 0 radical (unpaired) electrons. The van der Waals surface area contributed by atoms with Crippen LogP contribution in [0, 0.1) is 0 Å². The SMILES string of the molecule is CCCCC/C=C\CCCCCCCCOCC(COC1OC(COC2OC(CO)C(O)C(O)C2O)C(O)C(O)C1O)OC(=O)CCCCCCCCCCCCCCC/C=C\CCCCCCCCCC. The van der Waals surface area contributed by atoms with Gasteiger partial charge >= 0.3 is 5.97 Å². The fourth-order valence-electron chi connectivity index (χ4n) is 9.39. The van der Waals surface area contributed by atoms with E-state index in [2.05, 4.69) is 38.2 Å². The fourth-order valence-corrected chi connectivity index (χ4v) is 9.39. The minimum Gasteiger partial charge on any atom is -0.457 e. The van der Waals surface area contributed by atoms with Gasteiger partial charge in [0.1, 0.15) is 54.9 Å². The number of carbonyl (C=O) groups excluding carboxylic acids is 1. The summed E-state index contributed by atoms with van der Waals surface area (Å²) in [4.78, 5) is 13.1. The van der Waals surface area contributed by atoms with Crippen molar-refractivity contribution < 1.29 is 69.0 Å². The summed E-state index contributed by atoms with van der Waals surface area (Å²) in [5.41, 5.74) is 0. The second kappa shape index (κ2) is 45.6. The molecular weight excluding hydrogens is 921 g/mol. The van der Waals surface area contributed by atoms with Gasteiger partial charge in [-0.1, -0.05) is 192 Å². The van der Waals surface area contributed by atoms with E-state index in [0.717, 1.165) is 44.9 Å². The Morgan fingerprint density at radius 3 is 1.29 bits per heavy atom. The van der Waals surface area contributed by atoms with E-state index in [9.17, 15) is 40.5 Å². The number of aliphatic hydroxyl groups excluding tert-OH is 7. The molecule has 72 heavy (non-hydrogen) atoms. The molecule has 14 nitrogen and oxygen atoms in total. The average Bonchev–Trinajstić information content (AvgIpc) is 3.38. The van der Waals surface area contributed by atoms with Crippen molar-refractivity contribution in [3.05, 3.63) is 24.3 Å². The number of carbonyl (C=O) groups is 1. The highest BCUT2D eigenvalue weighted by atomic mass is 16.7. The third-order valence-electron chi connectivity index (χ3n) is 14.2. The van der Waals surface area contributed by atoms with E-state index >= 15 is 0 Å². The summed E-state index contributed by atoms with van der Waals surface area (Å²) in [5.74, 6) is -0.375. The highest BCUT2D eigenvalue weighted by molar-refractivity contribution is 5.69. The lowest BCUT2D eigenvalue weighted by Crippen LogP contribution is -2.61. The van der Waals surface area contributed by atoms with Crippen LogP contribution in [-0.2, 0) is 33.2 Å². The summed E-state index contributed by atoms with van der Waals surface area (Å²) in [5, 5.41) is 72.3. The third-order valence-corrected chi connectivity index (χ3v) is 14.2. The zero-order chi connectivity index (χ0) is 52.3. The summed E-state index contributed by atoms with van der Waals surface area (Å²) in [6.07, 6.45) is 35.3. The van der Waals surface area contributed by atoms with Crippen molar-refractivity contribution in [1.29, 1.82) is 0 Å². The predicted octanol–water partition coefficient (Wildman–Crippen LogP) is 10.4. The highest BCUT2D eigenvalue weighted by Gasteiger charge is 2.47. The standard InChI is InChI=1S/C58H108O14/c1-3-5-7-9-11-13-15-17-18-19-20-21-22-23-24-25-26-27-28-29-31-33-35-37-39-41-50(60)70-47(44-67-42-40-38-36-34-32-30-16-14-12-10-8-6-4-2)45-68-57-56(66)54(64)52(62)49(72-57)46-69-58-55(65)53(63)51(61)48(43-59)71-58/h12,14,19-20,47-49,51-59,61-66H,3-11,13,15-18,21-46H2,1-2H3/b14-12-,20-19-. The summed E-state index contributed by atoms with van der Waals surface area (Å²) >= 11 is 0. The van der Waals surface area contributed by atoms with E-state index in [1.807, 2.05) is 0 Å². The number of hydrogen-bond acceptors (Lipinski definition) is 14. The number of hydrogen-bond donors (Lipinski definition) is 7. The molecule has 0 bridgehead atoms. The van der Waals surface area contributed by atoms with E-state index in [-0.39, 0.29) is 25.6 Å². The van der Waals surface area contributed by atoms with Gasteiger partial charge in [0.05, 0.1) is 26.4 Å². The quantitative estimate of drug-likeness (QED) is 0.0172. The van der Waals surface area contributed by atoms with Gasteiger partial charge in [0.15, 0.2) is 12.6 Å². The van der Waals surface area contributed by atoms with Crippen LogP contribution in [0.4, 0.5) is 0 Å². The largest absolute Gasteiger partial charge is 0.457 e. The number of ether oxygens (including phenoxy) is 6. The third kappa shape index (κ3) is 32.1. The van der Waals surface area contributed by atoms with Crippen LogP contribution in [0.25, 0.3) is 0 Å². The topological polar surface area (TPSA) is 214 Å². The Hall–Kier alpha value is -1.53. The Morgan fingerprint density at radius 1 is 0.444 bits per heavy atom. The van der Waals surface area contributed by atoms with Crippen LogP contribution in [0.2, 0.25) is 0 Å². The molecule has 0 spiro atoms. The number of aliphatic hydroxyl groups is 7. The molecule has 424 valence electrons. The van der Waals surface area contributed by atoms with Gasteiger partial charge in [0.2, 0.25) is 0 Å². The van der Waals surface area contributed by atoms with Crippen molar-refractivity contribution in [2.45, 2.75) is 306 Å². The van der Waals surface area contributed by atoms with Crippen molar-refractivity contribution >= 4 is 5.97 Å². The Bertz CT molecular complexity index is 1290. The molecule has 2 aliphatic rings. The number of unbranched alkanes of at least 4 members (excludes halogenated alkanes) is 30. The smallest absolute Gasteiger partial charge is 0.306 e. The molecular formula is C58H108O14. The maximum Gasteiger partial charge on any atom is 0.306 e.